The maximum atomic E-state index is 12.3. The average Bonchev–Trinajstić information content (AvgIpc) is 2.59. The molecular formula is C20H25N3O3. The van der Waals surface area contributed by atoms with Crippen molar-refractivity contribution < 1.29 is 14.3 Å². The molecule has 0 saturated heterocycles. The number of ether oxygens (including phenoxy) is 1. The number of aromatic nitrogens is 1. The molecule has 0 radical (unpaired) electrons. The first kappa shape index (κ1) is 19.4. The Kier molecular flexibility index (Phi) is 6.72. The summed E-state index contributed by atoms with van der Waals surface area (Å²) in [5.41, 5.74) is 1.97. The number of pyridine rings is 1. The van der Waals surface area contributed by atoms with Gasteiger partial charge in [-0.25, -0.2) is 4.79 Å². The van der Waals surface area contributed by atoms with Crippen LogP contribution in [0.1, 0.15) is 42.3 Å². The van der Waals surface area contributed by atoms with Crippen LogP contribution in [0.2, 0.25) is 0 Å². The Balaban J connectivity index is 1.83. The monoisotopic (exact) mass is 355 g/mol. The Bertz CT molecular complexity index is 739. The molecule has 2 amide bonds. The summed E-state index contributed by atoms with van der Waals surface area (Å²) < 4.78 is 5.20. The lowest BCUT2D eigenvalue weighted by molar-refractivity contribution is 0.0523. The van der Waals surface area contributed by atoms with Crippen LogP contribution in [0.3, 0.4) is 0 Å². The van der Waals surface area contributed by atoms with Gasteiger partial charge in [-0.05, 0) is 62.6 Å². The van der Waals surface area contributed by atoms with E-state index in [0.717, 1.165) is 17.5 Å². The van der Waals surface area contributed by atoms with Crippen LogP contribution in [-0.4, -0.2) is 29.1 Å². The summed E-state index contributed by atoms with van der Waals surface area (Å²) >= 11 is 0. The summed E-state index contributed by atoms with van der Waals surface area (Å²) in [5, 5.41) is 5.59. The van der Waals surface area contributed by atoms with Gasteiger partial charge in [-0.3, -0.25) is 9.78 Å². The minimum Gasteiger partial charge on any atom is -0.444 e. The molecule has 1 heterocycles. The third-order valence-electron chi connectivity index (χ3n) is 3.47. The molecule has 0 unspecified atom stereocenters. The van der Waals surface area contributed by atoms with Crippen LogP contribution >= 0.6 is 0 Å². The van der Waals surface area contributed by atoms with Gasteiger partial charge in [-0.15, -0.1) is 0 Å². The van der Waals surface area contributed by atoms with Crippen LogP contribution in [0.4, 0.5) is 4.79 Å². The topological polar surface area (TPSA) is 80.3 Å². The van der Waals surface area contributed by atoms with Crippen molar-refractivity contribution >= 4 is 12.0 Å². The predicted octanol–water partition coefficient (Wildman–Crippen LogP) is 3.08. The highest BCUT2D eigenvalue weighted by atomic mass is 16.6. The number of hydrogen-bond donors (Lipinski definition) is 2. The van der Waals surface area contributed by atoms with Crippen molar-refractivity contribution in [3.63, 3.8) is 0 Å². The first-order chi connectivity index (χ1) is 12.3. The van der Waals surface area contributed by atoms with Crippen LogP contribution in [0, 0.1) is 0 Å². The van der Waals surface area contributed by atoms with Gasteiger partial charge in [-0.2, -0.15) is 0 Å². The Morgan fingerprint density at radius 2 is 1.77 bits per heavy atom. The fraction of sp³-hybridized carbons (Fsp3) is 0.350. The molecule has 0 aliphatic heterocycles. The van der Waals surface area contributed by atoms with E-state index < -0.39 is 11.7 Å². The number of hydrogen-bond acceptors (Lipinski definition) is 4. The molecule has 26 heavy (non-hydrogen) atoms. The zero-order valence-electron chi connectivity index (χ0n) is 15.4. The fourth-order valence-corrected chi connectivity index (χ4v) is 2.28. The zero-order chi connectivity index (χ0) is 19.0. The Hall–Kier alpha value is -2.89. The molecule has 6 nitrogen and oxygen atoms in total. The van der Waals surface area contributed by atoms with E-state index in [4.69, 9.17) is 4.74 Å². The molecule has 0 saturated carbocycles. The van der Waals surface area contributed by atoms with Gasteiger partial charge >= 0.3 is 6.09 Å². The second-order valence-electron chi connectivity index (χ2n) is 6.92. The van der Waals surface area contributed by atoms with Crippen LogP contribution < -0.4 is 10.6 Å². The largest absolute Gasteiger partial charge is 0.444 e. The number of nitrogens with one attached hydrogen (secondary N) is 2. The van der Waals surface area contributed by atoms with Crippen molar-refractivity contribution in [3.05, 3.63) is 65.5 Å². The highest BCUT2D eigenvalue weighted by Gasteiger charge is 2.15. The molecule has 2 aromatic rings. The van der Waals surface area contributed by atoms with Gasteiger partial charge in [0, 0.05) is 31.0 Å². The molecule has 2 rings (SSSR count). The summed E-state index contributed by atoms with van der Waals surface area (Å²) in [5.74, 6) is -0.141. The van der Waals surface area contributed by atoms with Crippen molar-refractivity contribution in [2.45, 2.75) is 39.3 Å². The van der Waals surface area contributed by atoms with Crippen molar-refractivity contribution in [3.8, 4) is 0 Å². The van der Waals surface area contributed by atoms with E-state index >= 15 is 0 Å². The average molecular weight is 355 g/mol. The Labute approximate surface area is 154 Å². The summed E-state index contributed by atoms with van der Waals surface area (Å²) in [4.78, 5) is 28.0. The van der Waals surface area contributed by atoms with E-state index in [2.05, 4.69) is 15.6 Å². The first-order valence-corrected chi connectivity index (χ1v) is 8.56. The van der Waals surface area contributed by atoms with Gasteiger partial charge in [-0.1, -0.05) is 12.1 Å². The molecule has 0 aliphatic carbocycles. The van der Waals surface area contributed by atoms with Crippen LogP contribution in [-0.2, 0) is 17.7 Å². The number of alkyl carbamates (subject to hydrolysis) is 1. The molecule has 1 aromatic carbocycles. The third-order valence-corrected chi connectivity index (χ3v) is 3.47. The second-order valence-corrected chi connectivity index (χ2v) is 6.92. The minimum absolute atomic E-state index is 0.141. The lowest BCUT2D eigenvalue weighted by Crippen LogP contribution is -2.32. The van der Waals surface area contributed by atoms with E-state index in [0.29, 0.717) is 18.7 Å². The Morgan fingerprint density at radius 1 is 1.04 bits per heavy atom. The third kappa shape index (κ3) is 6.93. The quantitative estimate of drug-likeness (QED) is 0.834. The highest BCUT2D eigenvalue weighted by molar-refractivity contribution is 5.94. The number of carbonyl (C=O) groups is 2. The van der Waals surface area contributed by atoms with E-state index in [9.17, 15) is 9.59 Å². The summed E-state index contributed by atoms with van der Waals surface area (Å²) in [7, 11) is 0. The van der Waals surface area contributed by atoms with Gasteiger partial charge in [0.2, 0.25) is 0 Å². The summed E-state index contributed by atoms with van der Waals surface area (Å²) in [6.45, 7) is 6.27. The van der Waals surface area contributed by atoms with Gasteiger partial charge < -0.3 is 15.4 Å². The first-order valence-electron chi connectivity index (χ1n) is 8.56. The van der Waals surface area contributed by atoms with E-state index in [-0.39, 0.29) is 5.91 Å². The highest BCUT2D eigenvalue weighted by Crippen LogP contribution is 2.08. The second kappa shape index (κ2) is 8.99. The zero-order valence-corrected chi connectivity index (χ0v) is 15.4. The maximum absolute atomic E-state index is 12.3. The minimum atomic E-state index is -0.541. The molecule has 0 spiro atoms. The van der Waals surface area contributed by atoms with Crippen molar-refractivity contribution in [1.82, 2.24) is 15.6 Å². The SMILES string of the molecule is CC(C)(C)OC(=O)NCc1cccc(C(=O)NCCc2ccncc2)c1. The van der Waals surface area contributed by atoms with Crippen molar-refractivity contribution in [2.75, 3.05) is 6.54 Å². The fourth-order valence-electron chi connectivity index (χ4n) is 2.28. The lowest BCUT2D eigenvalue weighted by Gasteiger charge is -2.19. The number of nitrogens with zero attached hydrogens (tertiary/aromatic N) is 1. The normalized spacial score (nSPS) is 10.9. The van der Waals surface area contributed by atoms with Gasteiger partial charge in [0.1, 0.15) is 5.60 Å². The van der Waals surface area contributed by atoms with Gasteiger partial charge in [0.15, 0.2) is 0 Å². The lowest BCUT2D eigenvalue weighted by atomic mass is 10.1. The molecule has 6 heteroatoms. The molecule has 0 atom stereocenters. The van der Waals surface area contributed by atoms with E-state index in [1.54, 1.807) is 30.6 Å². The standard InChI is InChI=1S/C20H25N3O3/c1-20(2,3)26-19(25)23-14-16-5-4-6-17(13-16)18(24)22-12-9-15-7-10-21-11-8-15/h4-8,10-11,13H,9,12,14H2,1-3H3,(H,22,24)(H,23,25). The molecular weight excluding hydrogens is 330 g/mol. The van der Waals surface area contributed by atoms with Gasteiger partial charge in [0.25, 0.3) is 5.91 Å². The van der Waals surface area contributed by atoms with E-state index in [1.807, 2.05) is 39.0 Å². The number of amides is 2. The predicted molar refractivity (Wildman–Crippen MR) is 99.8 cm³/mol. The molecule has 138 valence electrons. The van der Waals surface area contributed by atoms with Gasteiger partial charge in [0.05, 0.1) is 0 Å². The Morgan fingerprint density at radius 3 is 2.46 bits per heavy atom. The summed E-state index contributed by atoms with van der Waals surface area (Å²) in [6.07, 6.45) is 3.73. The summed E-state index contributed by atoms with van der Waals surface area (Å²) in [6, 6.07) is 11.0. The number of rotatable bonds is 6. The van der Waals surface area contributed by atoms with E-state index in [1.165, 1.54) is 0 Å². The molecule has 0 fully saturated rings. The van der Waals surface area contributed by atoms with Crippen molar-refractivity contribution in [1.29, 1.82) is 0 Å². The number of carbonyl (C=O) groups excluding carboxylic acids is 2. The van der Waals surface area contributed by atoms with Crippen LogP contribution in [0.5, 0.6) is 0 Å². The molecule has 0 aliphatic rings. The maximum Gasteiger partial charge on any atom is 0.407 e. The number of benzene rings is 1. The van der Waals surface area contributed by atoms with Crippen molar-refractivity contribution in [2.24, 2.45) is 0 Å². The molecule has 2 N–H and O–H groups in total. The van der Waals surface area contributed by atoms with Crippen LogP contribution in [0.25, 0.3) is 0 Å². The smallest absolute Gasteiger partial charge is 0.407 e. The van der Waals surface area contributed by atoms with Crippen LogP contribution in [0.15, 0.2) is 48.8 Å². The molecule has 1 aromatic heterocycles. The molecule has 0 bridgehead atoms.